The number of ether oxygens (including phenoxy) is 5. The van der Waals surface area contributed by atoms with Crippen molar-refractivity contribution < 1.29 is 93.3 Å². The second-order valence-corrected chi connectivity index (χ2v) is 22.3. The Hall–Kier alpha value is -8.60. The van der Waals surface area contributed by atoms with Crippen molar-refractivity contribution in [1.82, 2.24) is 35.5 Å². The maximum absolute atomic E-state index is 13.0. The van der Waals surface area contributed by atoms with E-state index in [1.807, 2.05) is 19.1 Å². The smallest absolute Gasteiger partial charge is 0.490 e. The number of hydrogen-bond donors (Lipinski definition) is 8. The molecule has 0 radical (unpaired) electrons. The first kappa shape index (κ1) is 63.4. The van der Waals surface area contributed by atoms with Gasteiger partial charge in [0.1, 0.15) is 72.5 Å². The molecule has 8 rings (SSSR count). The summed E-state index contributed by atoms with van der Waals surface area (Å²) in [6, 6.07) is 17.8. The second kappa shape index (κ2) is 28.5. The van der Waals surface area contributed by atoms with Crippen molar-refractivity contribution >= 4 is 80.1 Å². The summed E-state index contributed by atoms with van der Waals surface area (Å²) in [7, 11) is -17.0. The van der Waals surface area contributed by atoms with Crippen molar-refractivity contribution in [3.8, 4) is 29.0 Å². The number of aryl methyl sites for hydroxylation is 1. The van der Waals surface area contributed by atoms with Gasteiger partial charge in [-0.15, -0.1) is 0 Å². The quantitative estimate of drug-likeness (QED) is 0.00615. The van der Waals surface area contributed by atoms with E-state index in [9.17, 15) is 42.7 Å². The summed E-state index contributed by atoms with van der Waals surface area (Å²) in [6.45, 7) is -0.520. The number of anilines is 1. The number of azide groups is 2. The zero-order chi connectivity index (χ0) is 61.6. The zero-order valence-electron chi connectivity index (χ0n) is 44.5. The molecule has 6 unspecified atom stereocenters. The lowest BCUT2D eigenvalue weighted by Gasteiger charge is -2.21. The largest absolute Gasteiger partial charge is 0.491 e. The van der Waals surface area contributed by atoms with E-state index in [1.165, 1.54) is 29.0 Å². The number of fused-ring (bicyclic) bond motifs is 3. The third-order valence-electron chi connectivity index (χ3n) is 11.9. The van der Waals surface area contributed by atoms with Crippen LogP contribution in [0.3, 0.4) is 0 Å². The monoisotopic (exact) mass is 1250 g/mol. The molecule has 7 aromatic rings. The summed E-state index contributed by atoms with van der Waals surface area (Å²) in [6.07, 6.45) is -1.92. The fraction of sp³-hybridized carbons (Fsp3) is 0.312. The Balaban J connectivity index is 0.749. The van der Waals surface area contributed by atoms with Gasteiger partial charge in [-0.05, 0) is 72.1 Å². The van der Waals surface area contributed by atoms with Gasteiger partial charge in [-0.3, -0.25) is 18.9 Å². The number of phosphoric ester groups is 1. The zero-order valence-corrected chi connectivity index (χ0v) is 47.2. The van der Waals surface area contributed by atoms with Crippen molar-refractivity contribution in [2.45, 2.75) is 38.0 Å². The Morgan fingerprint density at radius 1 is 0.919 bits per heavy atom. The maximum Gasteiger partial charge on any atom is 0.490 e. The van der Waals surface area contributed by atoms with E-state index in [-0.39, 0.29) is 96.6 Å². The Morgan fingerprint density at radius 3 is 2.45 bits per heavy atom. The molecular formula is C48H49N14O21P3. The van der Waals surface area contributed by atoms with Crippen LogP contribution in [-0.2, 0) is 50.6 Å². The van der Waals surface area contributed by atoms with Gasteiger partial charge in [-0.1, -0.05) is 40.3 Å². The molecule has 3 amide bonds. The molecule has 1 saturated heterocycles. The topological polar surface area (TPSA) is 504 Å². The summed E-state index contributed by atoms with van der Waals surface area (Å²) >= 11 is 0. The van der Waals surface area contributed by atoms with E-state index < -0.39 is 91.4 Å². The molecule has 9 N–H and O–H groups in total. The third-order valence-corrected chi connectivity index (χ3v) is 15.7. The molecule has 5 heterocycles. The lowest BCUT2D eigenvalue weighted by Crippen LogP contribution is -2.34. The van der Waals surface area contributed by atoms with Crippen molar-refractivity contribution in [3.05, 3.63) is 133 Å². The fourth-order valence-corrected chi connectivity index (χ4v) is 11.2. The van der Waals surface area contributed by atoms with Crippen LogP contribution in [0.1, 0.15) is 44.5 Å². The molecule has 6 atom stereocenters. The van der Waals surface area contributed by atoms with Crippen molar-refractivity contribution in [3.63, 3.8) is 0 Å². The van der Waals surface area contributed by atoms with Gasteiger partial charge < -0.3 is 78.3 Å². The van der Waals surface area contributed by atoms with Crippen LogP contribution in [0.4, 0.5) is 5.82 Å². The first-order valence-corrected chi connectivity index (χ1v) is 29.5. The molecule has 452 valence electrons. The number of nitrogens with one attached hydrogen (secondary N) is 3. The van der Waals surface area contributed by atoms with Crippen LogP contribution in [-0.4, -0.2) is 135 Å². The summed E-state index contributed by atoms with van der Waals surface area (Å²) in [5.74, 6) is 4.45. The molecule has 1 fully saturated rings. The average Bonchev–Trinajstić information content (AvgIpc) is 1.79. The van der Waals surface area contributed by atoms with Crippen LogP contribution in [0, 0.1) is 18.8 Å². The summed E-state index contributed by atoms with van der Waals surface area (Å²) in [4.78, 5) is 107. The number of phosphoric acid groups is 3. The number of carbonyl (C=O) groups excluding carboxylic acids is 3. The lowest BCUT2D eigenvalue weighted by atomic mass is 10.1. The molecule has 4 aromatic heterocycles. The van der Waals surface area contributed by atoms with Crippen LogP contribution < -0.4 is 32.0 Å². The van der Waals surface area contributed by atoms with Gasteiger partial charge in [0.2, 0.25) is 11.8 Å². The number of oxazole rings is 1. The van der Waals surface area contributed by atoms with Gasteiger partial charge >= 0.3 is 29.1 Å². The lowest BCUT2D eigenvalue weighted by molar-refractivity contribution is -0.126. The molecule has 1 aliphatic rings. The number of rotatable bonds is 28. The molecule has 0 spiro atoms. The highest BCUT2D eigenvalue weighted by Crippen LogP contribution is 2.66. The minimum atomic E-state index is -5.82. The van der Waals surface area contributed by atoms with Crippen molar-refractivity contribution in [1.29, 1.82) is 0 Å². The molecule has 0 saturated carbocycles. The van der Waals surface area contributed by atoms with Crippen LogP contribution in [0.15, 0.2) is 103 Å². The highest BCUT2D eigenvalue weighted by atomic mass is 31.3. The standard InChI is InChI=1S/C48H49N14O21P3/c1-27-7-8-28-18-33(48(66)81-36(28)16-27)47-58-34-19-30(9-10-35(34)80-47)46(65)54-13-12-53-45(64)29-4-2-6-32(17-29)76-24-40(59-61-51)75-15-14-74-23-39(63)52-11-3-5-31-21-62(44-42(31)43(49)55-25-56-44)41-20-37(77-26-57-60-50)38(79-41)22-78-85(70,71)83-86(72,73)82-84(67,68)69/h2,4,6-10,16-19,21,25,37-38,40-41H,11-15,20,22-24,26H2,1H3,(H,52,63)(H,53,64)(H,54,65)(H,70,71)(H,72,73)(H2,49,55,56)(H2,67,68,69). The maximum atomic E-state index is 13.0. The number of nitrogens with two attached hydrogens (primary N) is 1. The molecule has 3 aromatic carbocycles. The first-order valence-electron chi connectivity index (χ1n) is 25.0. The van der Waals surface area contributed by atoms with E-state index in [4.69, 9.17) is 63.6 Å². The third kappa shape index (κ3) is 17.5. The average molecular weight is 1250 g/mol. The Bertz CT molecular complexity index is 4060. The number of nitrogens with zero attached hydrogens (tertiary/aromatic N) is 10. The molecule has 38 heteroatoms. The Morgan fingerprint density at radius 2 is 1.70 bits per heavy atom. The minimum Gasteiger partial charge on any atom is -0.491 e. The summed E-state index contributed by atoms with van der Waals surface area (Å²) < 4.78 is 88.5. The van der Waals surface area contributed by atoms with Gasteiger partial charge in [0.05, 0.1) is 43.4 Å². The molecule has 0 bridgehead atoms. The molecule has 86 heavy (non-hydrogen) atoms. The van der Waals surface area contributed by atoms with Crippen LogP contribution in [0.2, 0.25) is 0 Å². The molecule has 0 aliphatic carbocycles. The minimum absolute atomic E-state index is 0.00272. The van der Waals surface area contributed by atoms with Crippen molar-refractivity contribution in [2.75, 3.05) is 65.1 Å². The first-order chi connectivity index (χ1) is 41.1. The highest BCUT2D eigenvalue weighted by Gasteiger charge is 2.44. The van der Waals surface area contributed by atoms with E-state index in [0.717, 1.165) is 11.9 Å². The normalized spacial score (nSPS) is 16.6. The number of amides is 3. The van der Waals surface area contributed by atoms with Crippen LogP contribution in [0.5, 0.6) is 5.75 Å². The van der Waals surface area contributed by atoms with Gasteiger partial charge in [0, 0.05) is 52.0 Å². The Labute approximate surface area is 482 Å². The van der Waals surface area contributed by atoms with E-state index in [0.29, 0.717) is 22.1 Å². The van der Waals surface area contributed by atoms with Gasteiger partial charge in [-0.25, -0.2) is 33.4 Å². The molecule has 1 aliphatic heterocycles. The predicted molar refractivity (Wildman–Crippen MR) is 296 cm³/mol. The number of hydrogen-bond acceptors (Lipinski definition) is 23. The van der Waals surface area contributed by atoms with E-state index in [1.54, 1.807) is 36.4 Å². The fourth-order valence-electron chi connectivity index (χ4n) is 8.16. The van der Waals surface area contributed by atoms with Gasteiger partial charge in [-0.2, -0.15) is 8.62 Å². The van der Waals surface area contributed by atoms with Gasteiger partial charge in [0.15, 0.2) is 11.8 Å². The summed E-state index contributed by atoms with van der Waals surface area (Å²) in [5.41, 5.74) is 26.6. The SMILES string of the molecule is Cc1ccc2cc(-c3nc4cc(C(=O)NCCNC(=O)c5cccc(OCC(N=[N+]=[N-])OCCOCC(=O)NCC#Cc6cn(C7CC(OCN=[N+]=[N-])C(COP(=O)(O)OP(=O)(O)OP(=O)(O)O)O7)c7ncnc(N)c67)c5)ccc4o3)c(=O)oc2c1. The highest BCUT2D eigenvalue weighted by molar-refractivity contribution is 7.66. The predicted octanol–water partition coefficient (Wildman–Crippen LogP) is 4.90. The summed E-state index contributed by atoms with van der Waals surface area (Å²) in [5, 5.41) is 15.8. The van der Waals surface area contributed by atoms with E-state index in [2.05, 4.69) is 71.4 Å². The Kier molecular flexibility index (Phi) is 21.0. The second-order valence-electron chi connectivity index (χ2n) is 17.9. The number of aromatic nitrogens is 4. The molecule has 35 nitrogen and oxygen atoms in total. The van der Waals surface area contributed by atoms with Crippen LogP contribution >= 0.6 is 23.5 Å². The molecular weight excluding hydrogens is 1200 g/mol. The van der Waals surface area contributed by atoms with Gasteiger partial charge in [0.25, 0.3) is 11.8 Å². The number of nitrogen functional groups attached to an aromatic ring is 1. The number of carbonyl (C=O) groups is 3. The number of benzene rings is 3. The van der Waals surface area contributed by atoms with Crippen LogP contribution in [0.25, 0.3) is 65.4 Å². The van der Waals surface area contributed by atoms with E-state index >= 15 is 0 Å². The van der Waals surface area contributed by atoms with Crippen molar-refractivity contribution in [2.24, 2.45) is 10.2 Å².